The lowest BCUT2D eigenvalue weighted by molar-refractivity contribution is 0.297. The zero-order valence-electron chi connectivity index (χ0n) is 9.87. The molecule has 1 aliphatic heterocycles. The molecule has 6 heteroatoms. The maximum atomic E-state index is 5.63. The quantitative estimate of drug-likeness (QED) is 0.851. The predicted molar refractivity (Wildman–Crippen MR) is 64.9 cm³/mol. The Hall–Kier alpha value is -2.08. The summed E-state index contributed by atoms with van der Waals surface area (Å²) in [4.78, 5) is 0. The van der Waals surface area contributed by atoms with Gasteiger partial charge in [-0.05, 0) is 12.1 Å². The molecule has 0 spiro atoms. The summed E-state index contributed by atoms with van der Waals surface area (Å²) in [5.74, 6) is 1.52. The summed E-state index contributed by atoms with van der Waals surface area (Å²) < 4.78 is 12.9. The van der Waals surface area contributed by atoms with E-state index in [1.54, 1.807) is 10.9 Å². The van der Waals surface area contributed by atoms with E-state index in [2.05, 4.69) is 10.3 Å². The minimum Gasteiger partial charge on any atom is -0.490 e. The number of nitrogens with zero attached hydrogens (tertiary/aromatic N) is 3. The van der Waals surface area contributed by atoms with E-state index in [-0.39, 0.29) is 0 Å². The molecule has 2 aromatic rings. The molecule has 1 aromatic heterocycles. The molecule has 0 saturated carbocycles. The summed E-state index contributed by atoms with van der Waals surface area (Å²) in [5, 5.41) is 7.98. The third-order valence-electron chi connectivity index (χ3n) is 2.75. The zero-order chi connectivity index (χ0) is 12.4. The topological polar surface area (TPSA) is 75.2 Å². The highest BCUT2D eigenvalue weighted by atomic mass is 16.5. The molecule has 0 amide bonds. The number of benzene rings is 1. The normalized spacial score (nSPS) is 14.3. The van der Waals surface area contributed by atoms with Crippen molar-refractivity contribution in [3.8, 4) is 17.2 Å². The SMILES string of the molecule is NCc1cn(-c2ccc3c(c2)OCCCO3)nn1. The molecule has 0 fully saturated rings. The van der Waals surface area contributed by atoms with Crippen LogP contribution in [0.4, 0.5) is 0 Å². The van der Waals surface area contributed by atoms with Crippen LogP contribution in [0.2, 0.25) is 0 Å². The Labute approximate surface area is 104 Å². The van der Waals surface area contributed by atoms with Gasteiger partial charge in [0, 0.05) is 19.0 Å². The molecule has 0 unspecified atom stereocenters. The van der Waals surface area contributed by atoms with Gasteiger partial charge in [-0.2, -0.15) is 0 Å². The van der Waals surface area contributed by atoms with Crippen LogP contribution >= 0.6 is 0 Å². The third kappa shape index (κ3) is 2.02. The van der Waals surface area contributed by atoms with Crippen molar-refractivity contribution in [2.75, 3.05) is 13.2 Å². The van der Waals surface area contributed by atoms with Gasteiger partial charge in [0.1, 0.15) is 0 Å². The van der Waals surface area contributed by atoms with E-state index in [1.807, 2.05) is 18.2 Å². The molecule has 1 aliphatic rings. The first kappa shape index (κ1) is 11.0. The summed E-state index contributed by atoms with van der Waals surface area (Å²) in [6.45, 7) is 1.74. The average molecular weight is 246 g/mol. The Kier molecular flexibility index (Phi) is 2.85. The molecule has 2 N–H and O–H groups in total. The van der Waals surface area contributed by atoms with Crippen LogP contribution in [0.3, 0.4) is 0 Å². The fourth-order valence-electron chi connectivity index (χ4n) is 1.81. The first-order valence-corrected chi connectivity index (χ1v) is 5.88. The summed E-state index contributed by atoms with van der Waals surface area (Å²) in [7, 11) is 0. The monoisotopic (exact) mass is 246 g/mol. The minimum absolute atomic E-state index is 0.380. The van der Waals surface area contributed by atoms with Crippen molar-refractivity contribution in [3.63, 3.8) is 0 Å². The van der Waals surface area contributed by atoms with Gasteiger partial charge in [-0.25, -0.2) is 4.68 Å². The van der Waals surface area contributed by atoms with E-state index in [0.717, 1.165) is 29.3 Å². The average Bonchev–Trinajstić information content (AvgIpc) is 2.76. The molecule has 94 valence electrons. The van der Waals surface area contributed by atoms with Gasteiger partial charge < -0.3 is 15.2 Å². The van der Waals surface area contributed by atoms with Gasteiger partial charge in [-0.3, -0.25) is 0 Å². The highest BCUT2D eigenvalue weighted by molar-refractivity contribution is 5.48. The van der Waals surface area contributed by atoms with Gasteiger partial charge in [0.25, 0.3) is 0 Å². The molecular weight excluding hydrogens is 232 g/mol. The van der Waals surface area contributed by atoms with Crippen molar-refractivity contribution < 1.29 is 9.47 Å². The van der Waals surface area contributed by atoms with Crippen LogP contribution in [0.15, 0.2) is 24.4 Å². The molecule has 0 bridgehead atoms. The number of ether oxygens (including phenoxy) is 2. The number of nitrogens with two attached hydrogens (primary N) is 1. The fourth-order valence-corrected chi connectivity index (χ4v) is 1.81. The molecular formula is C12H14N4O2. The van der Waals surface area contributed by atoms with Gasteiger partial charge >= 0.3 is 0 Å². The molecule has 1 aromatic carbocycles. The van der Waals surface area contributed by atoms with Crippen LogP contribution in [-0.2, 0) is 6.54 Å². The van der Waals surface area contributed by atoms with E-state index >= 15 is 0 Å². The second kappa shape index (κ2) is 4.66. The number of aromatic nitrogens is 3. The molecule has 18 heavy (non-hydrogen) atoms. The lowest BCUT2D eigenvalue weighted by Gasteiger charge is -2.08. The molecule has 0 aliphatic carbocycles. The largest absolute Gasteiger partial charge is 0.490 e. The van der Waals surface area contributed by atoms with Crippen LogP contribution in [0, 0.1) is 0 Å². The summed E-state index contributed by atoms with van der Waals surface area (Å²) in [6.07, 6.45) is 2.70. The highest BCUT2D eigenvalue weighted by Gasteiger charge is 2.12. The Morgan fingerprint density at radius 3 is 2.83 bits per heavy atom. The lowest BCUT2D eigenvalue weighted by atomic mass is 10.3. The molecule has 0 saturated heterocycles. The summed E-state index contributed by atoms with van der Waals surface area (Å²) >= 11 is 0. The number of hydrogen-bond acceptors (Lipinski definition) is 5. The lowest BCUT2D eigenvalue weighted by Crippen LogP contribution is -1.98. The van der Waals surface area contributed by atoms with Gasteiger partial charge in [0.15, 0.2) is 11.5 Å². The number of fused-ring (bicyclic) bond motifs is 1. The van der Waals surface area contributed by atoms with Gasteiger partial charge in [0.2, 0.25) is 0 Å². The van der Waals surface area contributed by atoms with Crippen molar-refractivity contribution in [2.24, 2.45) is 5.73 Å². The van der Waals surface area contributed by atoms with Crippen molar-refractivity contribution >= 4 is 0 Å². The van der Waals surface area contributed by atoms with Crippen LogP contribution in [0.5, 0.6) is 11.5 Å². The smallest absolute Gasteiger partial charge is 0.163 e. The van der Waals surface area contributed by atoms with Crippen LogP contribution in [0.1, 0.15) is 12.1 Å². The first-order valence-electron chi connectivity index (χ1n) is 5.88. The van der Waals surface area contributed by atoms with Gasteiger partial charge in [-0.1, -0.05) is 5.21 Å². The van der Waals surface area contributed by atoms with Crippen molar-refractivity contribution in [3.05, 3.63) is 30.1 Å². The van der Waals surface area contributed by atoms with E-state index in [9.17, 15) is 0 Å². The molecule has 3 rings (SSSR count). The summed E-state index contributed by atoms with van der Waals surface area (Å²) in [5.41, 5.74) is 7.15. The van der Waals surface area contributed by atoms with Crippen LogP contribution in [-0.4, -0.2) is 28.2 Å². The third-order valence-corrected chi connectivity index (χ3v) is 2.75. The maximum absolute atomic E-state index is 5.63. The molecule has 0 radical (unpaired) electrons. The fraction of sp³-hybridized carbons (Fsp3) is 0.333. The Morgan fingerprint density at radius 1 is 1.22 bits per heavy atom. The predicted octanol–water partition coefficient (Wildman–Crippen LogP) is 0.887. The van der Waals surface area contributed by atoms with E-state index in [0.29, 0.717) is 19.8 Å². The molecule has 0 atom stereocenters. The van der Waals surface area contributed by atoms with E-state index in [4.69, 9.17) is 15.2 Å². The second-order valence-corrected chi connectivity index (χ2v) is 4.04. The maximum Gasteiger partial charge on any atom is 0.163 e. The van der Waals surface area contributed by atoms with Crippen molar-refractivity contribution in [2.45, 2.75) is 13.0 Å². The van der Waals surface area contributed by atoms with Gasteiger partial charge in [0.05, 0.1) is 30.8 Å². The number of rotatable bonds is 2. The summed E-state index contributed by atoms with van der Waals surface area (Å²) in [6, 6.07) is 5.71. The van der Waals surface area contributed by atoms with E-state index in [1.165, 1.54) is 0 Å². The Morgan fingerprint density at radius 2 is 2.06 bits per heavy atom. The van der Waals surface area contributed by atoms with Gasteiger partial charge in [-0.15, -0.1) is 5.10 Å². The Bertz CT molecular complexity index is 553. The van der Waals surface area contributed by atoms with Crippen LogP contribution in [0.25, 0.3) is 5.69 Å². The van der Waals surface area contributed by atoms with Crippen molar-refractivity contribution in [1.29, 1.82) is 0 Å². The van der Waals surface area contributed by atoms with E-state index < -0.39 is 0 Å². The molecule has 2 heterocycles. The molecule has 6 nitrogen and oxygen atoms in total. The highest BCUT2D eigenvalue weighted by Crippen LogP contribution is 2.31. The Balaban J connectivity index is 1.95. The van der Waals surface area contributed by atoms with Crippen molar-refractivity contribution in [1.82, 2.24) is 15.0 Å². The standard InChI is InChI=1S/C12H14N4O2/c13-7-9-8-16(15-14-9)10-2-3-11-12(6-10)18-5-1-4-17-11/h2-3,6,8H,1,4-5,7,13H2. The van der Waals surface area contributed by atoms with Crippen LogP contribution < -0.4 is 15.2 Å². The second-order valence-electron chi connectivity index (χ2n) is 4.04. The zero-order valence-corrected chi connectivity index (χ0v) is 9.87. The first-order chi connectivity index (χ1) is 8.86. The number of hydrogen-bond donors (Lipinski definition) is 1. The minimum atomic E-state index is 0.380.